The number of rotatable bonds is 7. The summed E-state index contributed by atoms with van der Waals surface area (Å²) >= 11 is 2.21. The summed E-state index contributed by atoms with van der Waals surface area (Å²) in [7, 11) is 4.67. The summed E-state index contributed by atoms with van der Waals surface area (Å²) in [4.78, 5) is 20.7. The van der Waals surface area contributed by atoms with Crippen LogP contribution in [0.25, 0.3) is 0 Å². The minimum atomic E-state index is -0.471. The lowest BCUT2D eigenvalue weighted by atomic mass is 10.3. The lowest BCUT2D eigenvalue weighted by molar-refractivity contribution is 0.262. The molecule has 1 aromatic heterocycles. The van der Waals surface area contributed by atoms with Gasteiger partial charge in [-0.15, -0.1) is 0 Å². The van der Waals surface area contributed by atoms with Gasteiger partial charge in [0.1, 0.15) is 35.2 Å². The lowest BCUT2D eigenvalue weighted by Gasteiger charge is -2.12. The first-order chi connectivity index (χ1) is 14.5. The van der Waals surface area contributed by atoms with Crippen molar-refractivity contribution in [3.63, 3.8) is 0 Å². The molecule has 10 heteroatoms. The molecule has 0 saturated heterocycles. The largest absolute Gasteiger partial charge is 0.497 e. The zero-order chi connectivity index (χ0) is 21.5. The van der Waals surface area contributed by atoms with E-state index < -0.39 is 6.03 Å². The predicted molar refractivity (Wildman–Crippen MR) is 123 cm³/mol. The third-order valence-electron chi connectivity index (χ3n) is 3.94. The van der Waals surface area contributed by atoms with Gasteiger partial charge in [-0.25, -0.2) is 14.8 Å². The van der Waals surface area contributed by atoms with E-state index in [-0.39, 0.29) is 0 Å². The standard InChI is InChI=1S/C20H20IN5O4/c1-28-14-7-13(8-15(9-14)29-2)24-20(27)26-19-10-18(22-11-23-19)25-16-6-12(21)4-5-17(16)30-3/h4-11H,1-3H3,(H3,22,23,24,25,26,27). The minimum Gasteiger partial charge on any atom is -0.497 e. The molecule has 0 aliphatic heterocycles. The van der Waals surface area contributed by atoms with Gasteiger partial charge in [-0.1, -0.05) is 0 Å². The Morgan fingerprint density at radius 3 is 2.23 bits per heavy atom. The molecule has 0 saturated carbocycles. The van der Waals surface area contributed by atoms with Crippen LogP contribution in [0.4, 0.5) is 27.8 Å². The molecule has 0 bridgehead atoms. The molecule has 0 aliphatic rings. The van der Waals surface area contributed by atoms with Gasteiger partial charge in [0.15, 0.2) is 0 Å². The van der Waals surface area contributed by atoms with Crippen LogP contribution in [-0.2, 0) is 0 Å². The number of ether oxygens (including phenoxy) is 3. The second kappa shape index (κ2) is 9.96. The Morgan fingerprint density at radius 1 is 0.867 bits per heavy atom. The van der Waals surface area contributed by atoms with E-state index >= 15 is 0 Å². The molecule has 0 radical (unpaired) electrons. The van der Waals surface area contributed by atoms with Gasteiger partial charge in [0.05, 0.1) is 27.0 Å². The Hall–Kier alpha value is -3.28. The summed E-state index contributed by atoms with van der Waals surface area (Å²) in [5, 5.41) is 8.57. The minimum absolute atomic E-state index is 0.324. The van der Waals surface area contributed by atoms with Gasteiger partial charge in [0.2, 0.25) is 0 Å². The van der Waals surface area contributed by atoms with Gasteiger partial charge in [-0.05, 0) is 40.8 Å². The van der Waals surface area contributed by atoms with Gasteiger partial charge in [-0.3, -0.25) is 5.32 Å². The molecule has 156 valence electrons. The van der Waals surface area contributed by atoms with E-state index in [0.717, 1.165) is 9.26 Å². The zero-order valence-corrected chi connectivity index (χ0v) is 18.7. The van der Waals surface area contributed by atoms with Crippen molar-refractivity contribution in [3.05, 3.63) is 52.4 Å². The summed E-state index contributed by atoms with van der Waals surface area (Å²) in [6.45, 7) is 0. The van der Waals surface area contributed by atoms with Gasteiger partial charge in [0.25, 0.3) is 0 Å². The highest BCUT2D eigenvalue weighted by atomic mass is 127. The molecule has 2 amide bonds. The maximum absolute atomic E-state index is 12.4. The monoisotopic (exact) mass is 521 g/mol. The number of anilines is 4. The number of aromatic nitrogens is 2. The Balaban J connectivity index is 1.71. The van der Waals surface area contributed by atoms with Crippen molar-refractivity contribution in [2.75, 3.05) is 37.3 Å². The van der Waals surface area contributed by atoms with Crippen LogP contribution in [-0.4, -0.2) is 37.3 Å². The molecule has 0 atom stereocenters. The molecule has 2 aromatic carbocycles. The first-order valence-electron chi connectivity index (χ1n) is 8.74. The van der Waals surface area contributed by atoms with Crippen molar-refractivity contribution in [1.29, 1.82) is 0 Å². The third-order valence-corrected chi connectivity index (χ3v) is 4.61. The average molecular weight is 521 g/mol. The topological polar surface area (TPSA) is 107 Å². The molecular formula is C20H20IN5O4. The number of urea groups is 1. The van der Waals surface area contributed by atoms with Gasteiger partial charge >= 0.3 is 6.03 Å². The van der Waals surface area contributed by atoms with Crippen molar-refractivity contribution in [2.24, 2.45) is 0 Å². The molecule has 9 nitrogen and oxygen atoms in total. The third kappa shape index (κ3) is 5.63. The fourth-order valence-corrected chi connectivity index (χ4v) is 3.06. The van der Waals surface area contributed by atoms with Crippen LogP contribution in [0.1, 0.15) is 0 Å². The van der Waals surface area contributed by atoms with E-state index in [9.17, 15) is 4.79 Å². The Kier molecular flexibility index (Phi) is 7.12. The first kappa shape index (κ1) is 21.4. The summed E-state index contributed by atoms with van der Waals surface area (Å²) < 4.78 is 16.8. The summed E-state index contributed by atoms with van der Waals surface area (Å²) in [5.41, 5.74) is 1.27. The second-order valence-electron chi connectivity index (χ2n) is 5.94. The van der Waals surface area contributed by atoms with Crippen LogP contribution in [0.15, 0.2) is 48.8 Å². The fraction of sp³-hybridized carbons (Fsp3) is 0.150. The number of halogens is 1. The predicted octanol–water partition coefficient (Wildman–Crippen LogP) is 4.49. The van der Waals surface area contributed by atoms with Crippen LogP contribution in [0.2, 0.25) is 0 Å². The number of hydrogen-bond acceptors (Lipinski definition) is 7. The number of carbonyl (C=O) groups excluding carboxylic acids is 1. The number of amides is 2. The molecule has 3 aromatic rings. The quantitative estimate of drug-likeness (QED) is 0.394. The summed E-state index contributed by atoms with van der Waals surface area (Å²) in [5.74, 6) is 2.62. The van der Waals surface area contributed by atoms with Crippen LogP contribution in [0.5, 0.6) is 17.2 Å². The van der Waals surface area contributed by atoms with Crippen LogP contribution >= 0.6 is 22.6 Å². The average Bonchev–Trinajstić information content (AvgIpc) is 2.73. The number of carbonyl (C=O) groups is 1. The van der Waals surface area contributed by atoms with E-state index in [4.69, 9.17) is 14.2 Å². The van der Waals surface area contributed by atoms with Crippen LogP contribution < -0.4 is 30.2 Å². The Morgan fingerprint density at radius 2 is 1.57 bits per heavy atom. The molecule has 3 rings (SSSR count). The zero-order valence-electron chi connectivity index (χ0n) is 16.5. The van der Waals surface area contributed by atoms with Crippen molar-refractivity contribution in [3.8, 4) is 17.2 Å². The van der Waals surface area contributed by atoms with Crippen LogP contribution in [0.3, 0.4) is 0 Å². The molecule has 3 N–H and O–H groups in total. The molecule has 0 fully saturated rings. The van der Waals surface area contributed by atoms with Crippen molar-refractivity contribution >= 4 is 51.6 Å². The first-order valence-corrected chi connectivity index (χ1v) is 9.82. The fourth-order valence-electron chi connectivity index (χ4n) is 2.57. The molecule has 1 heterocycles. The lowest BCUT2D eigenvalue weighted by Crippen LogP contribution is -2.20. The summed E-state index contributed by atoms with van der Waals surface area (Å²) in [6, 6.07) is 11.9. The number of hydrogen-bond donors (Lipinski definition) is 3. The highest BCUT2D eigenvalue weighted by molar-refractivity contribution is 14.1. The van der Waals surface area contributed by atoms with Crippen molar-refractivity contribution in [2.45, 2.75) is 0 Å². The second-order valence-corrected chi connectivity index (χ2v) is 7.18. The maximum atomic E-state index is 12.4. The van der Waals surface area contributed by atoms with E-state index in [1.807, 2.05) is 18.2 Å². The number of nitrogens with one attached hydrogen (secondary N) is 3. The smallest absolute Gasteiger partial charge is 0.324 e. The molecule has 0 unspecified atom stereocenters. The Labute approximate surface area is 187 Å². The van der Waals surface area contributed by atoms with Gasteiger partial charge < -0.3 is 24.8 Å². The van der Waals surface area contributed by atoms with E-state index in [2.05, 4.69) is 48.5 Å². The Bertz CT molecular complexity index is 1030. The number of methoxy groups -OCH3 is 3. The SMILES string of the molecule is COc1cc(NC(=O)Nc2cc(Nc3cc(I)ccc3OC)ncn2)cc(OC)c1. The van der Waals surface area contributed by atoms with E-state index in [1.165, 1.54) is 20.5 Å². The molecule has 0 aliphatic carbocycles. The van der Waals surface area contributed by atoms with Gasteiger partial charge in [-0.2, -0.15) is 0 Å². The highest BCUT2D eigenvalue weighted by Gasteiger charge is 2.09. The maximum Gasteiger partial charge on any atom is 0.324 e. The van der Waals surface area contributed by atoms with Crippen molar-refractivity contribution < 1.29 is 19.0 Å². The highest BCUT2D eigenvalue weighted by Crippen LogP contribution is 2.29. The summed E-state index contributed by atoms with van der Waals surface area (Å²) in [6.07, 6.45) is 1.35. The number of benzene rings is 2. The van der Waals surface area contributed by atoms with Crippen molar-refractivity contribution in [1.82, 2.24) is 9.97 Å². The van der Waals surface area contributed by atoms with E-state index in [0.29, 0.717) is 34.6 Å². The van der Waals surface area contributed by atoms with Crippen LogP contribution in [0, 0.1) is 3.57 Å². The molecular weight excluding hydrogens is 501 g/mol. The molecule has 0 spiro atoms. The molecule has 30 heavy (non-hydrogen) atoms. The van der Waals surface area contributed by atoms with Gasteiger partial charge in [0, 0.05) is 33.5 Å². The number of nitrogens with zero attached hydrogens (tertiary/aromatic N) is 2. The van der Waals surface area contributed by atoms with E-state index in [1.54, 1.807) is 31.4 Å². The normalized spacial score (nSPS) is 10.1.